The Morgan fingerprint density at radius 1 is 1.33 bits per heavy atom. The summed E-state index contributed by atoms with van der Waals surface area (Å²) in [6, 6.07) is 3.14. The number of carbonyl (C=O) groups excluding carboxylic acids is 1. The Hall–Kier alpha value is -2.81. The van der Waals surface area contributed by atoms with E-state index in [2.05, 4.69) is 20.6 Å². The maximum Gasteiger partial charge on any atom is 0.309 e. The minimum absolute atomic E-state index is 0.00385. The largest absolute Gasteiger partial charge is 0.481 e. The molecule has 0 radical (unpaired) electrons. The maximum atomic E-state index is 11.8. The van der Waals surface area contributed by atoms with Crippen LogP contribution in [0.15, 0.2) is 24.5 Å². The van der Waals surface area contributed by atoms with Crippen LogP contribution in [0.1, 0.15) is 11.4 Å². The number of nitrogens with two attached hydrogens (primary N) is 1. The Balaban J connectivity index is 1.91. The molecule has 4 N–H and O–H groups in total. The van der Waals surface area contributed by atoms with Crippen molar-refractivity contribution in [2.45, 2.75) is 19.5 Å². The third-order valence-electron chi connectivity index (χ3n) is 2.54. The standard InChI is InChI=1S/C12H14N6O3/c13-4-10-6-18(17-16-10)7-11(19)15-9-2-1-8(14-5-9)3-12(20)21/h1-2,5-6H,3-4,7,13H2,(H,15,19)(H,20,21). The minimum Gasteiger partial charge on any atom is -0.481 e. The lowest BCUT2D eigenvalue weighted by molar-refractivity contribution is -0.136. The summed E-state index contributed by atoms with van der Waals surface area (Å²) >= 11 is 0. The molecule has 0 atom stereocenters. The topological polar surface area (TPSA) is 136 Å². The van der Waals surface area contributed by atoms with E-state index in [-0.39, 0.29) is 25.4 Å². The van der Waals surface area contributed by atoms with Gasteiger partial charge in [-0.2, -0.15) is 0 Å². The van der Waals surface area contributed by atoms with E-state index in [1.165, 1.54) is 10.9 Å². The molecule has 2 aromatic heterocycles. The van der Waals surface area contributed by atoms with Crippen LogP contribution in [0.5, 0.6) is 0 Å². The molecule has 0 saturated heterocycles. The average Bonchev–Trinajstić information content (AvgIpc) is 2.88. The zero-order valence-electron chi connectivity index (χ0n) is 11.1. The molecule has 110 valence electrons. The van der Waals surface area contributed by atoms with Crippen LogP contribution in [0.4, 0.5) is 5.69 Å². The third-order valence-corrected chi connectivity index (χ3v) is 2.54. The summed E-state index contributed by atoms with van der Waals surface area (Å²) in [4.78, 5) is 26.3. The molecule has 2 aromatic rings. The van der Waals surface area contributed by atoms with Gasteiger partial charge in [0.05, 0.1) is 35.9 Å². The summed E-state index contributed by atoms with van der Waals surface area (Å²) in [5.74, 6) is -1.25. The molecule has 9 heteroatoms. The van der Waals surface area contributed by atoms with Gasteiger partial charge in [-0.05, 0) is 12.1 Å². The van der Waals surface area contributed by atoms with E-state index in [0.29, 0.717) is 17.1 Å². The molecule has 21 heavy (non-hydrogen) atoms. The van der Waals surface area contributed by atoms with Gasteiger partial charge < -0.3 is 16.2 Å². The first kappa shape index (κ1) is 14.6. The number of nitrogens with zero attached hydrogens (tertiary/aromatic N) is 4. The molecule has 0 aliphatic carbocycles. The number of rotatable bonds is 6. The molecule has 1 amide bonds. The predicted molar refractivity (Wildman–Crippen MR) is 72.1 cm³/mol. The lowest BCUT2D eigenvalue weighted by Crippen LogP contribution is -2.19. The van der Waals surface area contributed by atoms with Crippen LogP contribution in [0.2, 0.25) is 0 Å². The van der Waals surface area contributed by atoms with Gasteiger partial charge in [-0.15, -0.1) is 5.10 Å². The van der Waals surface area contributed by atoms with Gasteiger partial charge in [0.25, 0.3) is 0 Å². The predicted octanol–water partition coefficient (Wildman–Crippen LogP) is -0.602. The Bertz CT molecular complexity index is 637. The van der Waals surface area contributed by atoms with Crippen LogP contribution >= 0.6 is 0 Å². The molecule has 9 nitrogen and oxygen atoms in total. The van der Waals surface area contributed by atoms with Crippen molar-refractivity contribution in [3.8, 4) is 0 Å². The smallest absolute Gasteiger partial charge is 0.309 e. The first-order valence-electron chi connectivity index (χ1n) is 6.12. The number of carboxylic acids is 1. The normalized spacial score (nSPS) is 10.3. The summed E-state index contributed by atoms with van der Waals surface area (Å²) in [6.07, 6.45) is 2.84. The van der Waals surface area contributed by atoms with E-state index >= 15 is 0 Å². The molecule has 0 unspecified atom stereocenters. The van der Waals surface area contributed by atoms with Crippen LogP contribution in [0, 0.1) is 0 Å². The highest BCUT2D eigenvalue weighted by molar-refractivity contribution is 5.90. The number of carboxylic acid groups (broad SMARTS) is 1. The molecule has 0 fully saturated rings. The second-order valence-electron chi connectivity index (χ2n) is 4.27. The summed E-state index contributed by atoms with van der Waals surface area (Å²) < 4.78 is 1.38. The SMILES string of the molecule is NCc1cn(CC(=O)Nc2ccc(CC(=O)O)nc2)nn1. The first-order valence-corrected chi connectivity index (χ1v) is 6.12. The zero-order valence-corrected chi connectivity index (χ0v) is 11.1. The van der Waals surface area contributed by atoms with Crippen molar-refractivity contribution in [1.82, 2.24) is 20.0 Å². The molecule has 2 heterocycles. The third kappa shape index (κ3) is 4.35. The van der Waals surface area contributed by atoms with E-state index < -0.39 is 5.97 Å². The van der Waals surface area contributed by atoms with Gasteiger partial charge in [-0.3, -0.25) is 14.6 Å². The molecule has 0 aliphatic rings. The highest BCUT2D eigenvalue weighted by Crippen LogP contribution is 2.07. The molecular weight excluding hydrogens is 276 g/mol. The summed E-state index contributed by atoms with van der Waals surface area (Å²) in [5, 5.41) is 18.8. The molecule has 0 saturated carbocycles. The van der Waals surface area contributed by atoms with Crippen molar-refractivity contribution in [1.29, 1.82) is 0 Å². The summed E-state index contributed by atoms with van der Waals surface area (Å²) in [7, 11) is 0. The Labute approximate surface area is 119 Å². The average molecular weight is 290 g/mol. The lowest BCUT2D eigenvalue weighted by Gasteiger charge is -2.05. The fourth-order valence-electron chi connectivity index (χ4n) is 1.61. The molecule has 2 rings (SSSR count). The van der Waals surface area contributed by atoms with Gasteiger partial charge in [-0.1, -0.05) is 5.21 Å². The maximum absolute atomic E-state index is 11.8. The van der Waals surface area contributed by atoms with Crippen LogP contribution in [-0.4, -0.2) is 37.0 Å². The highest BCUT2D eigenvalue weighted by Gasteiger charge is 2.07. The second-order valence-corrected chi connectivity index (χ2v) is 4.27. The van der Waals surface area contributed by atoms with Crippen molar-refractivity contribution >= 4 is 17.6 Å². The van der Waals surface area contributed by atoms with Crippen LogP contribution in [0.25, 0.3) is 0 Å². The Morgan fingerprint density at radius 2 is 2.14 bits per heavy atom. The van der Waals surface area contributed by atoms with Crippen LogP contribution < -0.4 is 11.1 Å². The van der Waals surface area contributed by atoms with E-state index in [1.807, 2.05) is 0 Å². The number of aromatic nitrogens is 4. The monoisotopic (exact) mass is 290 g/mol. The fraction of sp³-hybridized carbons (Fsp3) is 0.250. The highest BCUT2D eigenvalue weighted by atomic mass is 16.4. The Morgan fingerprint density at radius 3 is 2.71 bits per heavy atom. The summed E-state index contributed by atoms with van der Waals surface area (Å²) in [6.45, 7) is 0.264. The number of anilines is 1. The number of amides is 1. The van der Waals surface area contributed by atoms with Gasteiger partial charge in [0, 0.05) is 6.54 Å². The number of hydrogen-bond donors (Lipinski definition) is 3. The molecule has 0 spiro atoms. The van der Waals surface area contributed by atoms with Crippen molar-refractivity contribution < 1.29 is 14.7 Å². The lowest BCUT2D eigenvalue weighted by atomic mass is 10.2. The number of carbonyl (C=O) groups is 2. The van der Waals surface area contributed by atoms with E-state index in [0.717, 1.165) is 0 Å². The number of hydrogen-bond acceptors (Lipinski definition) is 6. The van der Waals surface area contributed by atoms with E-state index in [9.17, 15) is 9.59 Å². The second kappa shape index (κ2) is 6.57. The fourth-order valence-corrected chi connectivity index (χ4v) is 1.61. The molecular formula is C12H14N6O3. The Kier molecular flexibility index (Phi) is 4.57. The molecule has 0 bridgehead atoms. The molecule has 0 aliphatic heterocycles. The van der Waals surface area contributed by atoms with Gasteiger partial charge >= 0.3 is 5.97 Å². The van der Waals surface area contributed by atoms with E-state index in [1.54, 1.807) is 18.3 Å². The zero-order chi connectivity index (χ0) is 15.2. The van der Waals surface area contributed by atoms with Gasteiger partial charge in [0.15, 0.2) is 0 Å². The van der Waals surface area contributed by atoms with Gasteiger partial charge in [0.2, 0.25) is 5.91 Å². The molecule has 0 aromatic carbocycles. The van der Waals surface area contributed by atoms with Crippen molar-refractivity contribution in [2.75, 3.05) is 5.32 Å². The van der Waals surface area contributed by atoms with Crippen molar-refractivity contribution in [3.05, 3.63) is 35.9 Å². The number of nitrogens with one attached hydrogen (secondary N) is 1. The number of aliphatic carboxylic acids is 1. The van der Waals surface area contributed by atoms with Crippen molar-refractivity contribution in [2.24, 2.45) is 5.73 Å². The van der Waals surface area contributed by atoms with Gasteiger partial charge in [-0.25, -0.2) is 4.68 Å². The number of pyridine rings is 1. The van der Waals surface area contributed by atoms with Crippen LogP contribution in [-0.2, 0) is 29.1 Å². The summed E-state index contributed by atoms with van der Waals surface area (Å²) in [5.41, 5.74) is 6.90. The van der Waals surface area contributed by atoms with Crippen molar-refractivity contribution in [3.63, 3.8) is 0 Å². The van der Waals surface area contributed by atoms with Gasteiger partial charge in [0.1, 0.15) is 6.54 Å². The first-order chi connectivity index (χ1) is 10.1. The minimum atomic E-state index is -0.957. The van der Waals surface area contributed by atoms with Crippen LogP contribution in [0.3, 0.4) is 0 Å². The quantitative estimate of drug-likeness (QED) is 0.646. The van der Waals surface area contributed by atoms with E-state index in [4.69, 9.17) is 10.8 Å².